The number of aromatic nitrogens is 2. The molecule has 2 rings (SSSR count). The second kappa shape index (κ2) is 4.55. The molecule has 86 valence electrons. The van der Waals surface area contributed by atoms with E-state index in [0.717, 1.165) is 5.33 Å². The van der Waals surface area contributed by atoms with Gasteiger partial charge in [-0.25, -0.2) is 4.98 Å². The highest BCUT2D eigenvalue weighted by atomic mass is 79.9. The van der Waals surface area contributed by atoms with Crippen LogP contribution in [0.4, 0.5) is 11.5 Å². The van der Waals surface area contributed by atoms with E-state index in [4.69, 9.17) is 17.3 Å². The number of nitrogens with two attached hydrogens (primary N) is 1. The SMILES string of the molecule is Nc1cnc(Cl)nc1N1CC(CBr)CC1=O. The van der Waals surface area contributed by atoms with E-state index in [1.807, 2.05) is 0 Å². The highest BCUT2D eigenvalue weighted by Gasteiger charge is 2.31. The highest BCUT2D eigenvalue weighted by molar-refractivity contribution is 9.09. The summed E-state index contributed by atoms with van der Waals surface area (Å²) < 4.78 is 0. The summed E-state index contributed by atoms with van der Waals surface area (Å²) in [6, 6.07) is 0. The Balaban J connectivity index is 2.30. The average Bonchev–Trinajstić information content (AvgIpc) is 2.63. The van der Waals surface area contributed by atoms with Crippen LogP contribution < -0.4 is 10.6 Å². The number of nitrogen functional groups attached to an aromatic ring is 1. The van der Waals surface area contributed by atoms with E-state index in [-0.39, 0.29) is 11.2 Å². The van der Waals surface area contributed by atoms with Crippen LogP contribution in [-0.4, -0.2) is 27.7 Å². The smallest absolute Gasteiger partial charge is 0.228 e. The summed E-state index contributed by atoms with van der Waals surface area (Å²) in [5.41, 5.74) is 6.10. The van der Waals surface area contributed by atoms with Crippen LogP contribution >= 0.6 is 27.5 Å². The zero-order valence-electron chi connectivity index (χ0n) is 8.36. The molecule has 0 radical (unpaired) electrons. The first-order valence-corrected chi connectivity index (χ1v) is 6.26. The highest BCUT2D eigenvalue weighted by Crippen LogP contribution is 2.28. The fourth-order valence-corrected chi connectivity index (χ4v) is 2.23. The molecule has 2 N–H and O–H groups in total. The molecule has 1 aromatic heterocycles. The van der Waals surface area contributed by atoms with Gasteiger partial charge in [0.05, 0.1) is 11.9 Å². The standard InChI is InChI=1S/C9H10BrClN4O/c10-2-5-1-7(16)15(4-5)8-6(12)3-13-9(11)14-8/h3,5H,1-2,4,12H2. The maximum absolute atomic E-state index is 11.8. The maximum Gasteiger partial charge on any atom is 0.228 e. The third-order valence-corrected chi connectivity index (χ3v) is 3.54. The van der Waals surface area contributed by atoms with Gasteiger partial charge in [-0.1, -0.05) is 15.9 Å². The largest absolute Gasteiger partial charge is 0.394 e. The van der Waals surface area contributed by atoms with E-state index < -0.39 is 0 Å². The summed E-state index contributed by atoms with van der Waals surface area (Å²) in [6.45, 7) is 0.613. The summed E-state index contributed by atoms with van der Waals surface area (Å²) in [7, 11) is 0. The predicted octanol–water partition coefficient (Wildman–Crippen LogP) is 1.46. The van der Waals surface area contributed by atoms with Gasteiger partial charge in [0.25, 0.3) is 0 Å². The molecular weight excluding hydrogens is 295 g/mol. The van der Waals surface area contributed by atoms with Crippen LogP contribution in [0.15, 0.2) is 6.20 Å². The van der Waals surface area contributed by atoms with Crippen molar-refractivity contribution in [2.24, 2.45) is 5.92 Å². The van der Waals surface area contributed by atoms with Crippen molar-refractivity contribution in [3.63, 3.8) is 0 Å². The summed E-state index contributed by atoms with van der Waals surface area (Å²) in [5, 5.41) is 0.882. The molecule has 1 unspecified atom stereocenters. The van der Waals surface area contributed by atoms with Crippen LogP contribution in [0.5, 0.6) is 0 Å². The molecule has 1 fully saturated rings. The number of halogens is 2. The van der Waals surface area contributed by atoms with Gasteiger partial charge < -0.3 is 5.73 Å². The quantitative estimate of drug-likeness (QED) is 0.663. The topological polar surface area (TPSA) is 72.1 Å². The number of rotatable bonds is 2. The second-order valence-electron chi connectivity index (χ2n) is 3.65. The van der Waals surface area contributed by atoms with Gasteiger partial charge in [0.1, 0.15) is 0 Å². The van der Waals surface area contributed by atoms with Crippen LogP contribution in [0.2, 0.25) is 5.28 Å². The lowest BCUT2D eigenvalue weighted by atomic mass is 10.2. The van der Waals surface area contributed by atoms with Crippen LogP contribution in [-0.2, 0) is 4.79 Å². The van der Waals surface area contributed by atoms with Gasteiger partial charge in [-0.3, -0.25) is 9.69 Å². The molecule has 1 aliphatic rings. The first-order chi connectivity index (χ1) is 7.61. The molecule has 5 nitrogen and oxygen atoms in total. The van der Waals surface area contributed by atoms with E-state index in [1.165, 1.54) is 6.20 Å². The third kappa shape index (κ3) is 2.12. The van der Waals surface area contributed by atoms with E-state index in [2.05, 4.69) is 25.9 Å². The lowest BCUT2D eigenvalue weighted by Gasteiger charge is -2.16. The Hall–Kier alpha value is -0.880. The predicted molar refractivity (Wildman–Crippen MR) is 65.7 cm³/mol. The summed E-state index contributed by atoms with van der Waals surface area (Å²) in [5.74, 6) is 0.722. The van der Waals surface area contributed by atoms with Gasteiger partial charge >= 0.3 is 0 Å². The van der Waals surface area contributed by atoms with Crippen molar-refractivity contribution in [2.75, 3.05) is 22.5 Å². The minimum atomic E-state index is 0.0194. The number of hydrogen-bond acceptors (Lipinski definition) is 4. The van der Waals surface area contributed by atoms with Crippen molar-refractivity contribution in [2.45, 2.75) is 6.42 Å². The number of anilines is 2. The van der Waals surface area contributed by atoms with Crippen molar-refractivity contribution >= 4 is 44.9 Å². The van der Waals surface area contributed by atoms with Crippen LogP contribution in [0.25, 0.3) is 0 Å². The molecular formula is C9H10BrClN4O. The molecule has 0 bridgehead atoms. The minimum Gasteiger partial charge on any atom is -0.394 e. The number of carbonyl (C=O) groups is 1. The van der Waals surface area contributed by atoms with Crippen molar-refractivity contribution in [3.8, 4) is 0 Å². The van der Waals surface area contributed by atoms with Gasteiger partial charge in [-0.05, 0) is 17.5 Å². The van der Waals surface area contributed by atoms with Gasteiger partial charge in [0.2, 0.25) is 11.2 Å². The van der Waals surface area contributed by atoms with E-state index in [9.17, 15) is 4.79 Å². The number of hydrogen-bond donors (Lipinski definition) is 1. The average molecular weight is 306 g/mol. The Labute approximate surface area is 106 Å². The summed E-state index contributed by atoms with van der Waals surface area (Å²) in [4.78, 5) is 21.1. The van der Waals surface area contributed by atoms with Crippen LogP contribution in [0.1, 0.15) is 6.42 Å². The van der Waals surface area contributed by atoms with Gasteiger partial charge in [-0.15, -0.1) is 0 Å². The molecule has 7 heteroatoms. The lowest BCUT2D eigenvalue weighted by molar-refractivity contribution is -0.117. The third-order valence-electron chi connectivity index (χ3n) is 2.45. The molecule has 1 atom stereocenters. The maximum atomic E-state index is 11.8. The fraction of sp³-hybridized carbons (Fsp3) is 0.444. The van der Waals surface area contributed by atoms with Crippen molar-refractivity contribution in [1.82, 2.24) is 9.97 Å². The fourth-order valence-electron chi connectivity index (χ4n) is 1.67. The first kappa shape index (κ1) is 11.6. The van der Waals surface area contributed by atoms with Gasteiger partial charge in [0.15, 0.2) is 5.82 Å². The number of alkyl halides is 1. The zero-order chi connectivity index (χ0) is 11.7. The number of nitrogens with zero attached hydrogens (tertiary/aromatic N) is 3. The Morgan fingerprint density at radius 3 is 3.06 bits per heavy atom. The second-order valence-corrected chi connectivity index (χ2v) is 4.63. The molecule has 0 aromatic carbocycles. The number of amides is 1. The molecule has 0 saturated carbocycles. The van der Waals surface area contributed by atoms with Crippen molar-refractivity contribution < 1.29 is 4.79 Å². The monoisotopic (exact) mass is 304 g/mol. The van der Waals surface area contributed by atoms with Crippen molar-refractivity contribution in [1.29, 1.82) is 0 Å². The van der Waals surface area contributed by atoms with Gasteiger partial charge in [-0.2, -0.15) is 4.98 Å². The molecule has 1 amide bonds. The van der Waals surface area contributed by atoms with Crippen LogP contribution in [0, 0.1) is 5.92 Å². The summed E-state index contributed by atoms with van der Waals surface area (Å²) in [6.07, 6.45) is 1.92. The Morgan fingerprint density at radius 1 is 1.69 bits per heavy atom. The molecule has 0 spiro atoms. The number of carbonyl (C=O) groups excluding carboxylic acids is 1. The van der Waals surface area contributed by atoms with Crippen LogP contribution in [0.3, 0.4) is 0 Å². The first-order valence-electron chi connectivity index (χ1n) is 4.76. The molecule has 1 aliphatic heterocycles. The Kier molecular flexibility index (Phi) is 3.30. The van der Waals surface area contributed by atoms with E-state index in [0.29, 0.717) is 30.4 Å². The molecule has 2 heterocycles. The zero-order valence-corrected chi connectivity index (χ0v) is 10.7. The van der Waals surface area contributed by atoms with Crippen molar-refractivity contribution in [3.05, 3.63) is 11.5 Å². The normalized spacial score (nSPS) is 20.5. The summed E-state index contributed by atoms with van der Waals surface area (Å²) >= 11 is 9.06. The Morgan fingerprint density at radius 2 is 2.44 bits per heavy atom. The molecule has 0 aliphatic carbocycles. The van der Waals surface area contributed by atoms with Gasteiger partial charge in [0, 0.05) is 18.3 Å². The lowest BCUT2D eigenvalue weighted by Crippen LogP contribution is -2.26. The molecule has 16 heavy (non-hydrogen) atoms. The minimum absolute atomic E-state index is 0.0194. The van der Waals surface area contributed by atoms with E-state index >= 15 is 0 Å². The van der Waals surface area contributed by atoms with E-state index in [1.54, 1.807) is 4.90 Å². The Bertz CT molecular complexity index is 428. The molecule has 1 aromatic rings. The molecule has 1 saturated heterocycles.